The van der Waals surface area contributed by atoms with Gasteiger partial charge in [-0.25, -0.2) is 9.97 Å². The molecule has 0 radical (unpaired) electrons. The van der Waals surface area contributed by atoms with Crippen LogP contribution in [0.15, 0.2) is 97.1 Å². The molecular weight excluding hydrogens is 510 g/mol. The minimum atomic E-state index is 0. The normalized spacial score (nSPS) is 11.4. The van der Waals surface area contributed by atoms with Crippen LogP contribution in [0, 0.1) is 0 Å². The maximum absolute atomic E-state index is 4.95. The topological polar surface area (TPSA) is 106 Å². The van der Waals surface area contributed by atoms with Crippen LogP contribution < -0.4 is 47.7 Å². The first kappa shape index (κ1) is 26.3. The van der Waals surface area contributed by atoms with E-state index in [1.54, 1.807) is 0 Å². The monoisotopic (exact) mass is 526 g/mol. The smallest absolute Gasteiger partial charge is 0.357 e. The van der Waals surface area contributed by atoms with Crippen molar-refractivity contribution in [3.63, 3.8) is 0 Å². The summed E-state index contributed by atoms with van der Waals surface area (Å²) in [5.41, 5.74) is 5.78. The number of aromatic nitrogens is 8. The van der Waals surface area contributed by atoms with E-state index >= 15 is 0 Å². The summed E-state index contributed by atoms with van der Waals surface area (Å²) in [7, 11) is 0. The van der Waals surface area contributed by atoms with Gasteiger partial charge in [0.1, 0.15) is 0 Å². The fourth-order valence-electron chi connectivity index (χ4n) is 5.46. The van der Waals surface area contributed by atoms with Crippen LogP contribution in [0.25, 0.3) is 89.7 Å². The maximum atomic E-state index is 4.95. The molecule has 0 aliphatic carbocycles. The third kappa shape index (κ3) is 3.93. The van der Waals surface area contributed by atoms with Crippen molar-refractivity contribution in [2.45, 2.75) is 0 Å². The second-order valence-electron chi connectivity index (χ2n) is 9.67. The van der Waals surface area contributed by atoms with Crippen LogP contribution >= 0.6 is 0 Å². The zero-order valence-electron chi connectivity index (χ0n) is 22.8. The molecule has 0 saturated carbocycles. The summed E-state index contributed by atoms with van der Waals surface area (Å²) in [5.74, 6) is 2.21. The molecule has 0 fully saturated rings. The number of nitrogens with zero attached hydrogens (tertiary/aromatic N) is 8. The van der Waals surface area contributed by atoms with Crippen LogP contribution in [-0.4, -0.2) is 29.9 Å². The first-order chi connectivity index (χ1) is 19.8. The van der Waals surface area contributed by atoms with E-state index in [4.69, 9.17) is 39.9 Å². The van der Waals surface area contributed by atoms with Gasteiger partial charge in [-0.1, -0.05) is 97.1 Å². The van der Waals surface area contributed by atoms with E-state index in [0.717, 1.165) is 43.8 Å². The number of hydrogen-bond donors (Lipinski definition) is 0. The summed E-state index contributed by atoms with van der Waals surface area (Å²) in [6, 6.07) is 31.8. The largest absolute Gasteiger partial charge is 1.00 e. The van der Waals surface area contributed by atoms with Gasteiger partial charge in [-0.2, -0.15) is 0 Å². The van der Waals surface area contributed by atoms with Gasteiger partial charge in [0.05, 0.1) is 23.3 Å². The number of rotatable bonds is 0. The molecule has 2 aliphatic heterocycles. The Morgan fingerprint density at radius 1 is 0.310 bits per heavy atom. The average Bonchev–Trinajstić information content (AvgIpc) is 3.73. The zero-order chi connectivity index (χ0) is 26.2. The van der Waals surface area contributed by atoms with Crippen molar-refractivity contribution in [3.8, 4) is 45.6 Å². The van der Waals surface area contributed by atoms with Crippen molar-refractivity contribution in [3.05, 3.63) is 97.1 Å². The van der Waals surface area contributed by atoms with Crippen LogP contribution in [-0.2, 0) is 0 Å². The van der Waals surface area contributed by atoms with Crippen LogP contribution in [0.1, 0.15) is 0 Å². The van der Waals surface area contributed by atoms with E-state index in [-0.39, 0.29) is 37.7 Å². The predicted molar refractivity (Wildman–Crippen MR) is 154 cm³/mol. The molecule has 186 valence electrons. The molecule has 9 rings (SSSR count). The third-order valence-electron chi connectivity index (χ3n) is 7.33. The molecule has 0 amide bonds. The van der Waals surface area contributed by atoms with Crippen molar-refractivity contribution in [2.75, 3.05) is 0 Å². The van der Waals surface area contributed by atoms with Gasteiger partial charge >= 0.3 is 37.7 Å². The van der Waals surface area contributed by atoms with Gasteiger partial charge in [0.25, 0.3) is 0 Å². The molecule has 0 unspecified atom stereocenters. The van der Waals surface area contributed by atoms with Crippen molar-refractivity contribution in [1.82, 2.24) is 39.9 Å². The fourth-order valence-corrected chi connectivity index (χ4v) is 5.46. The molecule has 7 aromatic rings. The van der Waals surface area contributed by atoms with E-state index in [0.29, 0.717) is 45.9 Å². The van der Waals surface area contributed by atoms with Gasteiger partial charge in [0, 0.05) is 44.8 Å². The molecule has 0 N–H and O–H groups in total. The van der Waals surface area contributed by atoms with Crippen molar-refractivity contribution in [1.29, 1.82) is 0 Å². The maximum Gasteiger partial charge on any atom is 1.00 e. The number of fused-ring (bicyclic) bond motifs is 20. The predicted octanol–water partition coefficient (Wildman–Crippen LogP) is 0.135. The van der Waals surface area contributed by atoms with E-state index < -0.39 is 0 Å². The summed E-state index contributed by atoms with van der Waals surface area (Å²) in [4.78, 5) is 39.3. The first-order valence-corrected chi connectivity index (χ1v) is 12.9. The van der Waals surface area contributed by atoms with Gasteiger partial charge < -0.3 is 29.9 Å². The van der Waals surface area contributed by atoms with Crippen LogP contribution in [0.2, 0.25) is 0 Å². The van der Waals surface area contributed by atoms with Gasteiger partial charge in [-0.15, -0.1) is 0 Å². The zero-order valence-corrected chi connectivity index (χ0v) is 22.8. The quantitative estimate of drug-likeness (QED) is 0.257. The molecule has 0 saturated heterocycles. The van der Waals surface area contributed by atoms with Crippen LogP contribution in [0.4, 0.5) is 0 Å². The number of hydrogen-bond acceptors (Lipinski definition) is 6. The summed E-state index contributed by atoms with van der Waals surface area (Å²) in [6.07, 6.45) is 0. The second kappa shape index (κ2) is 10.1. The minimum absolute atomic E-state index is 0. The van der Waals surface area contributed by atoms with Gasteiger partial charge in [-0.3, -0.25) is 0 Å². The fraction of sp³-hybridized carbons (Fsp3) is 0. The van der Waals surface area contributed by atoms with E-state index in [2.05, 4.69) is 0 Å². The molecule has 8 bridgehead atoms. The average molecular weight is 526 g/mol. The summed E-state index contributed by atoms with van der Waals surface area (Å²) < 4.78 is 0. The summed E-state index contributed by atoms with van der Waals surface area (Å²) in [5, 5.41) is 3.57. The molecule has 8 nitrogen and oxygen atoms in total. The van der Waals surface area contributed by atoms with E-state index in [1.165, 1.54) is 0 Å². The van der Waals surface area contributed by atoms with Crippen LogP contribution in [0.3, 0.4) is 0 Å². The standard InChI is InChI=1S/C32H16N8.2Li/c1-2-10-18-17(9-1)25-33-26(18)38-28-21-13-5-6-14-22(21)30(35-28)40-32-24-16-8-7-15-23(24)31(36-32)39-29-20-12-4-3-11-19(20)27(34-29)37-25;;/h1-16H;;/q-2;2*+1. The summed E-state index contributed by atoms with van der Waals surface area (Å²) >= 11 is 0. The van der Waals surface area contributed by atoms with Crippen LogP contribution in [0.5, 0.6) is 0 Å². The number of benzene rings is 4. The Morgan fingerprint density at radius 2 is 0.548 bits per heavy atom. The van der Waals surface area contributed by atoms with Gasteiger partial charge in [-0.05, 0) is 21.5 Å². The Bertz CT molecular complexity index is 2040. The van der Waals surface area contributed by atoms with E-state index in [9.17, 15) is 0 Å². The molecular formula is C32H16Li2N8. The van der Waals surface area contributed by atoms with E-state index in [1.807, 2.05) is 97.1 Å². The molecule has 3 aromatic heterocycles. The molecule has 42 heavy (non-hydrogen) atoms. The Labute approximate surface area is 263 Å². The Balaban J connectivity index is 0.00000144. The molecule has 10 heteroatoms. The SMILES string of the molecule is [Li+].[Li+].c1ccc2c(c1)-c1nc-2nc2[n-]c(nc3nc(nc4[n-]c(n1)c1ccccc41)-c1ccccc1-3)c1ccccc21. The van der Waals surface area contributed by atoms with Crippen molar-refractivity contribution < 1.29 is 37.7 Å². The third-order valence-corrected chi connectivity index (χ3v) is 7.33. The van der Waals surface area contributed by atoms with Crippen molar-refractivity contribution >= 4 is 44.1 Å². The van der Waals surface area contributed by atoms with Gasteiger partial charge in [0.15, 0.2) is 0 Å². The molecule has 0 spiro atoms. The minimum Gasteiger partial charge on any atom is -0.357 e. The Morgan fingerprint density at radius 3 is 0.810 bits per heavy atom. The summed E-state index contributed by atoms with van der Waals surface area (Å²) in [6.45, 7) is 0. The molecule has 2 aliphatic rings. The molecule has 5 heterocycles. The van der Waals surface area contributed by atoms with Gasteiger partial charge in [0.2, 0.25) is 0 Å². The molecule has 4 aromatic carbocycles. The first-order valence-electron chi connectivity index (χ1n) is 12.9. The molecule has 0 atom stereocenters. The second-order valence-corrected chi connectivity index (χ2v) is 9.67. The van der Waals surface area contributed by atoms with Crippen molar-refractivity contribution in [2.24, 2.45) is 0 Å². The Hall–Kier alpha value is -4.57. The Kier molecular flexibility index (Phi) is 6.31.